The maximum Gasteiger partial charge on any atom is 0.469 e. The second-order valence-corrected chi connectivity index (χ2v) is 6.40. The highest BCUT2D eigenvalue weighted by molar-refractivity contribution is 7.46. The van der Waals surface area contributed by atoms with E-state index in [1.165, 1.54) is 0 Å². The van der Waals surface area contributed by atoms with Gasteiger partial charge in [0.15, 0.2) is 0 Å². The molecule has 0 aliphatic carbocycles. The van der Waals surface area contributed by atoms with Gasteiger partial charge in [-0.05, 0) is 25.0 Å². The van der Waals surface area contributed by atoms with Gasteiger partial charge >= 0.3 is 7.82 Å². The molecule has 0 aliphatic heterocycles. The third-order valence-corrected chi connectivity index (χ3v) is 3.85. The summed E-state index contributed by atoms with van der Waals surface area (Å²) in [7, 11) is -4.48. The summed E-state index contributed by atoms with van der Waals surface area (Å²) in [5.74, 6) is -0.209. The molecule has 0 unspecified atom stereocenters. The molecule has 21 heavy (non-hydrogen) atoms. The number of benzene rings is 2. The van der Waals surface area contributed by atoms with E-state index in [1.54, 1.807) is 0 Å². The van der Waals surface area contributed by atoms with Crippen LogP contribution in [0.3, 0.4) is 0 Å². The van der Waals surface area contributed by atoms with Crippen LogP contribution >= 0.6 is 7.82 Å². The maximum absolute atomic E-state index is 11.0. The summed E-state index contributed by atoms with van der Waals surface area (Å²) in [5, 5.41) is 0. The molecular formula is C16H19O4P. The van der Waals surface area contributed by atoms with E-state index in [0.717, 1.165) is 22.3 Å². The van der Waals surface area contributed by atoms with Crippen molar-refractivity contribution in [3.63, 3.8) is 0 Å². The normalized spacial score (nSPS) is 11.9. The van der Waals surface area contributed by atoms with E-state index in [0.29, 0.717) is 0 Å². The largest absolute Gasteiger partial charge is 0.469 e. The summed E-state index contributed by atoms with van der Waals surface area (Å²) in [4.78, 5) is 17.9. The van der Waals surface area contributed by atoms with Gasteiger partial charge in [0, 0.05) is 5.92 Å². The van der Waals surface area contributed by atoms with Crippen molar-refractivity contribution in [3.05, 3.63) is 70.8 Å². The lowest BCUT2D eigenvalue weighted by atomic mass is 9.91. The Morgan fingerprint density at radius 3 is 1.62 bits per heavy atom. The Bertz CT molecular complexity index is 583. The Kier molecular flexibility index (Phi) is 4.96. The standard InChI is InChI=1S/C16H19O4P/c1-12-3-7-14(8-4-12)16(11-20-21(17,18)19)15-9-5-13(2)6-10-15/h3-10,16H,11H2,1-2H3,(H2,17,18,19). The predicted molar refractivity (Wildman–Crippen MR) is 82.2 cm³/mol. The first-order chi connectivity index (χ1) is 9.85. The first-order valence-electron chi connectivity index (χ1n) is 6.68. The van der Waals surface area contributed by atoms with E-state index in [4.69, 9.17) is 14.3 Å². The van der Waals surface area contributed by atoms with E-state index in [-0.39, 0.29) is 12.5 Å². The van der Waals surface area contributed by atoms with E-state index in [2.05, 4.69) is 0 Å². The van der Waals surface area contributed by atoms with Gasteiger partial charge < -0.3 is 9.79 Å². The molecular weight excluding hydrogens is 287 g/mol. The van der Waals surface area contributed by atoms with Gasteiger partial charge in [-0.2, -0.15) is 0 Å². The van der Waals surface area contributed by atoms with Crippen LogP contribution in [-0.4, -0.2) is 16.4 Å². The molecule has 112 valence electrons. The topological polar surface area (TPSA) is 66.8 Å². The molecule has 0 amide bonds. The number of phosphoric acid groups is 1. The van der Waals surface area contributed by atoms with Crippen LogP contribution in [0.4, 0.5) is 0 Å². The molecule has 0 saturated heterocycles. The van der Waals surface area contributed by atoms with Crippen molar-refractivity contribution in [1.29, 1.82) is 0 Å². The van der Waals surface area contributed by atoms with Gasteiger partial charge in [-0.25, -0.2) is 4.57 Å². The van der Waals surface area contributed by atoms with Crippen molar-refractivity contribution < 1.29 is 18.9 Å². The molecule has 0 saturated carbocycles. The summed E-state index contributed by atoms with van der Waals surface area (Å²) in [6, 6.07) is 15.8. The van der Waals surface area contributed by atoms with Gasteiger partial charge in [-0.15, -0.1) is 0 Å². The third kappa shape index (κ3) is 4.80. The molecule has 0 spiro atoms. The highest BCUT2D eigenvalue weighted by atomic mass is 31.2. The van der Waals surface area contributed by atoms with Crippen LogP contribution in [0.1, 0.15) is 28.2 Å². The number of aryl methyl sites for hydroxylation is 2. The van der Waals surface area contributed by atoms with Crippen molar-refractivity contribution >= 4 is 7.82 Å². The molecule has 0 aliphatic rings. The maximum atomic E-state index is 11.0. The lowest BCUT2D eigenvalue weighted by molar-refractivity contribution is 0.191. The Labute approximate surface area is 124 Å². The molecule has 0 fully saturated rings. The first kappa shape index (κ1) is 15.9. The predicted octanol–water partition coefficient (Wildman–Crippen LogP) is 3.54. The summed E-state index contributed by atoms with van der Waals surface area (Å²) in [6.45, 7) is 3.93. The van der Waals surface area contributed by atoms with E-state index in [1.807, 2.05) is 62.4 Å². The summed E-state index contributed by atoms with van der Waals surface area (Å²) in [6.07, 6.45) is 0. The second kappa shape index (κ2) is 6.54. The molecule has 2 aromatic rings. The highest BCUT2D eigenvalue weighted by Crippen LogP contribution is 2.38. The van der Waals surface area contributed by atoms with Crippen molar-refractivity contribution in [2.45, 2.75) is 19.8 Å². The van der Waals surface area contributed by atoms with Gasteiger partial charge in [0.25, 0.3) is 0 Å². The van der Waals surface area contributed by atoms with Crippen molar-refractivity contribution in [3.8, 4) is 0 Å². The second-order valence-electron chi connectivity index (χ2n) is 5.16. The van der Waals surface area contributed by atoms with Crippen LogP contribution < -0.4 is 0 Å². The number of phosphoric ester groups is 1. The zero-order valence-corrected chi connectivity index (χ0v) is 13.0. The quantitative estimate of drug-likeness (QED) is 0.829. The molecule has 5 heteroatoms. The average Bonchev–Trinajstić information content (AvgIpc) is 2.41. The van der Waals surface area contributed by atoms with Gasteiger partial charge in [-0.1, -0.05) is 59.7 Å². The molecule has 0 heterocycles. The molecule has 0 radical (unpaired) electrons. The zero-order valence-electron chi connectivity index (χ0n) is 12.1. The van der Waals surface area contributed by atoms with Gasteiger partial charge in [-0.3, -0.25) is 4.52 Å². The highest BCUT2D eigenvalue weighted by Gasteiger charge is 2.21. The van der Waals surface area contributed by atoms with E-state index in [9.17, 15) is 4.57 Å². The Morgan fingerprint density at radius 1 is 0.905 bits per heavy atom. The summed E-state index contributed by atoms with van der Waals surface area (Å²) < 4.78 is 15.7. The number of hydrogen-bond donors (Lipinski definition) is 2. The minimum atomic E-state index is -4.48. The Hall–Kier alpha value is -1.45. The van der Waals surface area contributed by atoms with Crippen LogP contribution in [0.5, 0.6) is 0 Å². The SMILES string of the molecule is Cc1ccc(C(COP(=O)(O)O)c2ccc(C)cc2)cc1. The third-order valence-electron chi connectivity index (χ3n) is 3.37. The lowest BCUT2D eigenvalue weighted by Crippen LogP contribution is -2.09. The number of hydrogen-bond acceptors (Lipinski definition) is 2. The van der Waals surface area contributed by atoms with Crippen LogP contribution in [-0.2, 0) is 9.09 Å². The fraction of sp³-hybridized carbons (Fsp3) is 0.250. The Balaban J connectivity index is 2.31. The van der Waals surface area contributed by atoms with Crippen molar-refractivity contribution in [2.24, 2.45) is 0 Å². The minimum Gasteiger partial charge on any atom is -0.303 e. The van der Waals surface area contributed by atoms with Gasteiger partial charge in [0.1, 0.15) is 0 Å². The molecule has 2 aromatic carbocycles. The van der Waals surface area contributed by atoms with Crippen molar-refractivity contribution in [2.75, 3.05) is 6.61 Å². The fourth-order valence-corrected chi connectivity index (χ4v) is 2.50. The van der Waals surface area contributed by atoms with E-state index < -0.39 is 7.82 Å². The monoisotopic (exact) mass is 306 g/mol. The van der Waals surface area contributed by atoms with Crippen LogP contribution in [0.15, 0.2) is 48.5 Å². The molecule has 2 rings (SSSR count). The molecule has 0 atom stereocenters. The fourth-order valence-electron chi connectivity index (χ4n) is 2.15. The minimum absolute atomic E-state index is 0.0591. The van der Waals surface area contributed by atoms with Gasteiger partial charge in [0.05, 0.1) is 6.61 Å². The number of rotatable bonds is 5. The van der Waals surface area contributed by atoms with Crippen molar-refractivity contribution in [1.82, 2.24) is 0 Å². The molecule has 2 N–H and O–H groups in total. The molecule has 4 nitrogen and oxygen atoms in total. The average molecular weight is 306 g/mol. The van der Waals surface area contributed by atoms with Crippen LogP contribution in [0.2, 0.25) is 0 Å². The first-order valence-corrected chi connectivity index (χ1v) is 8.21. The van der Waals surface area contributed by atoms with Crippen LogP contribution in [0, 0.1) is 13.8 Å². The smallest absolute Gasteiger partial charge is 0.303 e. The van der Waals surface area contributed by atoms with Crippen LogP contribution in [0.25, 0.3) is 0 Å². The molecule has 0 bridgehead atoms. The zero-order chi connectivity index (χ0) is 15.5. The van der Waals surface area contributed by atoms with Gasteiger partial charge in [0.2, 0.25) is 0 Å². The summed E-state index contributed by atoms with van der Waals surface area (Å²) >= 11 is 0. The lowest BCUT2D eigenvalue weighted by Gasteiger charge is -2.19. The summed E-state index contributed by atoms with van der Waals surface area (Å²) in [5.41, 5.74) is 4.21. The molecule has 0 aromatic heterocycles. The Morgan fingerprint density at radius 2 is 1.29 bits per heavy atom. The van der Waals surface area contributed by atoms with E-state index >= 15 is 0 Å².